The lowest BCUT2D eigenvalue weighted by Crippen LogP contribution is -2.40. The number of hydrogen-bond acceptors (Lipinski definition) is 7. The molecule has 83 heavy (non-hydrogen) atoms. The lowest BCUT2D eigenvalue weighted by Gasteiger charge is -2.25. The van der Waals surface area contributed by atoms with Gasteiger partial charge < -0.3 is 28.5 Å². The van der Waals surface area contributed by atoms with Gasteiger partial charge in [-0.2, -0.15) is 0 Å². The van der Waals surface area contributed by atoms with Crippen molar-refractivity contribution in [2.75, 3.05) is 47.5 Å². The highest BCUT2D eigenvalue weighted by Crippen LogP contribution is 2.12. The van der Waals surface area contributed by atoms with Gasteiger partial charge in [-0.05, 0) is 141 Å². The number of carboxylic acid groups (broad SMARTS) is 1. The third-order valence-corrected chi connectivity index (χ3v) is 12.3. The van der Waals surface area contributed by atoms with Crippen LogP contribution >= 0.6 is 0 Å². The van der Waals surface area contributed by atoms with Crippen LogP contribution < -0.4 is 0 Å². The van der Waals surface area contributed by atoms with Crippen LogP contribution in [0.4, 0.5) is 0 Å². The zero-order chi connectivity index (χ0) is 60.5. The van der Waals surface area contributed by atoms with Crippen molar-refractivity contribution in [1.82, 2.24) is 0 Å². The third kappa shape index (κ3) is 63.6. The molecule has 0 spiro atoms. The smallest absolute Gasteiger partial charge is 0.361 e. The van der Waals surface area contributed by atoms with Gasteiger partial charge in [-0.3, -0.25) is 9.59 Å². The van der Waals surface area contributed by atoms with Crippen molar-refractivity contribution in [3.05, 3.63) is 194 Å². The van der Waals surface area contributed by atoms with E-state index in [1.165, 1.54) is 0 Å². The zero-order valence-corrected chi connectivity index (χ0v) is 52.5. The molecule has 0 bridgehead atoms. The van der Waals surface area contributed by atoms with Crippen molar-refractivity contribution in [3.8, 4) is 0 Å². The molecule has 0 aliphatic carbocycles. The molecule has 0 radical (unpaired) electrons. The van der Waals surface area contributed by atoms with Crippen molar-refractivity contribution < 1.29 is 42.9 Å². The molecule has 0 aliphatic heterocycles. The molecule has 0 aromatic rings. The summed E-state index contributed by atoms with van der Waals surface area (Å²) in [6.07, 6.45) is 93.8. The lowest BCUT2D eigenvalue weighted by atomic mass is 10.1. The van der Waals surface area contributed by atoms with Crippen LogP contribution in [0, 0.1) is 0 Å². The molecule has 0 aliphatic rings. The number of carbonyl (C=O) groups excluding carboxylic acids is 2. The maximum Gasteiger partial charge on any atom is 0.361 e. The summed E-state index contributed by atoms with van der Waals surface area (Å²) in [5, 5.41) is 9.71. The first kappa shape index (κ1) is 77.1. The topological polar surface area (TPSA) is 108 Å². The van der Waals surface area contributed by atoms with Crippen LogP contribution in [0.2, 0.25) is 0 Å². The Morgan fingerprint density at radius 3 is 0.976 bits per heavy atom. The number of likely N-dealkylation sites (N-methyl/N-ethyl adjacent to an activating group) is 1. The van der Waals surface area contributed by atoms with Gasteiger partial charge in [0.15, 0.2) is 6.10 Å². The summed E-state index contributed by atoms with van der Waals surface area (Å²) in [4.78, 5) is 37.5. The van der Waals surface area contributed by atoms with Gasteiger partial charge in [-0.1, -0.05) is 234 Å². The molecule has 0 heterocycles. The minimum absolute atomic E-state index is 0.166. The quantitative estimate of drug-likeness (QED) is 0.0211. The number of esters is 2. The van der Waals surface area contributed by atoms with E-state index in [9.17, 15) is 19.5 Å². The van der Waals surface area contributed by atoms with Crippen LogP contribution in [0.5, 0.6) is 0 Å². The van der Waals surface area contributed by atoms with Gasteiger partial charge in [0.2, 0.25) is 0 Å². The molecule has 1 N–H and O–H groups in total. The molecule has 0 aromatic heterocycles. The first-order chi connectivity index (χ1) is 40.6. The number of rotatable bonds is 55. The number of hydrogen-bond donors (Lipinski definition) is 1. The number of ether oxygens (including phenoxy) is 4. The van der Waals surface area contributed by atoms with Crippen LogP contribution in [-0.2, 0) is 33.3 Å². The Morgan fingerprint density at radius 2 is 0.651 bits per heavy atom. The van der Waals surface area contributed by atoms with E-state index in [1.54, 1.807) is 0 Å². The second-order valence-electron chi connectivity index (χ2n) is 21.2. The van der Waals surface area contributed by atoms with Crippen molar-refractivity contribution in [3.63, 3.8) is 0 Å². The molecule has 0 rings (SSSR count). The van der Waals surface area contributed by atoms with Gasteiger partial charge in [0.05, 0.1) is 34.4 Å². The fourth-order valence-electron chi connectivity index (χ4n) is 7.57. The number of unbranched alkanes of at least 4 members (excludes halogenated alkanes) is 8. The molecule has 2 atom stereocenters. The minimum Gasteiger partial charge on any atom is -0.477 e. The van der Waals surface area contributed by atoms with E-state index in [0.29, 0.717) is 23.9 Å². The number of allylic oxidation sites excluding steroid dienone is 32. The van der Waals surface area contributed by atoms with Crippen LogP contribution in [0.25, 0.3) is 0 Å². The van der Waals surface area contributed by atoms with E-state index in [2.05, 4.69) is 208 Å². The van der Waals surface area contributed by atoms with E-state index in [0.717, 1.165) is 154 Å². The average Bonchev–Trinajstić information content (AvgIpc) is 3.46. The highest BCUT2D eigenvalue weighted by Gasteiger charge is 2.25. The van der Waals surface area contributed by atoms with Crippen LogP contribution in [0.15, 0.2) is 194 Å². The van der Waals surface area contributed by atoms with Crippen LogP contribution in [0.3, 0.4) is 0 Å². The molecule has 2 unspecified atom stereocenters. The number of quaternary nitrogens is 1. The Morgan fingerprint density at radius 1 is 0.361 bits per heavy atom. The molecule has 0 saturated heterocycles. The lowest BCUT2D eigenvalue weighted by molar-refractivity contribution is -0.870. The second-order valence-corrected chi connectivity index (χ2v) is 21.2. The second kappa shape index (κ2) is 62.2. The normalized spacial score (nSPS) is 14.1. The highest BCUT2D eigenvalue weighted by molar-refractivity contribution is 5.71. The van der Waals surface area contributed by atoms with Crippen LogP contribution in [-0.4, -0.2) is 87.4 Å². The molecule has 0 amide bonds. The van der Waals surface area contributed by atoms with E-state index in [-0.39, 0.29) is 32.7 Å². The number of carbonyl (C=O) groups is 3. The Balaban J connectivity index is 4.32. The molecular formula is C74H114NO8+. The van der Waals surface area contributed by atoms with Gasteiger partial charge in [0.1, 0.15) is 13.2 Å². The number of nitrogens with zero attached hydrogens (tertiary/aromatic N) is 1. The minimum atomic E-state index is -1.54. The summed E-state index contributed by atoms with van der Waals surface area (Å²) < 4.78 is 22.8. The molecule has 0 fully saturated rings. The Labute approximate surface area is 506 Å². The van der Waals surface area contributed by atoms with Crippen molar-refractivity contribution in [1.29, 1.82) is 0 Å². The first-order valence-electron chi connectivity index (χ1n) is 31.6. The van der Waals surface area contributed by atoms with Gasteiger partial charge >= 0.3 is 17.9 Å². The number of aliphatic carboxylic acids is 1. The molecule has 462 valence electrons. The van der Waals surface area contributed by atoms with E-state index >= 15 is 0 Å². The standard InChI is InChI=1S/C74H113NO8/c1-6-8-10-12-14-16-18-20-22-24-26-27-28-29-30-31-32-33-34-35-36-37-38-39-40-41-42-43-44-45-47-49-51-53-55-57-59-61-63-65-72(77)83-70(69-82-74(73(78)79)80-67-66-75(3,4)5)68-81-71(76)64-62-60-58-56-54-52-50-48-46-25-23-21-19-17-15-13-11-9-7-2/h8-11,14-17,20-23,26-27,29-30,32-33,35-36,38-39,41-42,44-46,48-49,51-52,54,70,74H,6-7,12-13,18-19,24-25,28,31,34,37,40,43,47,50,53,55-69H2,1-5H3/p+1/b10-8-,11-9-,16-14-,17-15-,22-20-,23-21-,27-26-,30-29-,33-32-,36-35-,39-38-,42-41-,45-44-,48-46-,51-49-,54-52-. The van der Waals surface area contributed by atoms with E-state index in [1.807, 2.05) is 21.1 Å². The van der Waals surface area contributed by atoms with Gasteiger partial charge in [0, 0.05) is 12.8 Å². The van der Waals surface area contributed by atoms with Crippen molar-refractivity contribution in [2.45, 2.75) is 206 Å². The predicted octanol–water partition coefficient (Wildman–Crippen LogP) is 19.5. The molecule has 9 heteroatoms. The van der Waals surface area contributed by atoms with Crippen molar-refractivity contribution >= 4 is 17.9 Å². The van der Waals surface area contributed by atoms with Crippen LogP contribution in [0.1, 0.15) is 194 Å². The first-order valence-corrected chi connectivity index (χ1v) is 31.6. The summed E-state index contributed by atoms with van der Waals surface area (Å²) in [5.74, 6) is -2.10. The van der Waals surface area contributed by atoms with Gasteiger partial charge in [-0.25, -0.2) is 4.79 Å². The maximum absolute atomic E-state index is 12.9. The Hall–Kier alpha value is -5.87. The summed E-state index contributed by atoms with van der Waals surface area (Å²) in [6, 6.07) is 0. The van der Waals surface area contributed by atoms with Gasteiger partial charge in [-0.15, -0.1) is 0 Å². The van der Waals surface area contributed by atoms with E-state index < -0.39 is 30.3 Å². The molecule has 0 aromatic carbocycles. The summed E-state index contributed by atoms with van der Waals surface area (Å²) in [7, 11) is 5.93. The van der Waals surface area contributed by atoms with Crippen molar-refractivity contribution in [2.24, 2.45) is 0 Å². The highest BCUT2D eigenvalue weighted by atomic mass is 16.7. The molecule has 0 saturated carbocycles. The summed E-state index contributed by atoms with van der Waals surface area (Å²) >= 11 is 0. The molecule has 9 nitrogen and oxygen atoms in total. The fraction of sp³-hybridized carbons (Fsp3) is 0.527. The Bertz CT molecular complexity index is 2060. The number of carboxylic acids is 1. The largest absolute Gasteiger partial charge is 0.477 e. The summed E-state index contributed by atoms with van der Waals surface area (Å²) in [6.45, 7) is 4.54. The summed E-state index contributed by atoms with van der Waals surface area (Å²) in [5.41, 5.74) is 0. The predicted molar refractivity (Wildman–Crippen MR) is 354 cm³/mol. The maximum atomic E-state index is 12.9. The SMILES string of the molecule is CC/C=C\C/C=C\C/C=C\C/C=C\C/C=C\C/C=C\C/C=C\C/C=C\C/C=C\C/C=C\C/C=C\CCCCCCCC(=O)OC(COC(=O)CCCCC/C=C\C/C=C\C/C=C\C/C=C\C/C=C\CC)COC(OCC[N+](C)(C)C)C(=O)O. The Kier molecular flexibility index (Phi) is 57.8. The fourth-order valence-corrected chi connectivity index (χ4v) is 7.57. The monoisotopic (exact) mass is 1140 g/mol. The zero-order valence-electron chi connectivity index (χ0n) is 52.5. The van der Waals surface area contributed by atoms with Gasteiger partial charge in [0.25, 0.3) is 6.29 Å². The average molecular weight is 1150 g/mol. The van der Waals surface area contributed by atoms with E-state index in [4.69, 9.17) is 18.9 Å². The third-order valence-electron chi connectivity index (χ3n) is 12.3. The molecular weight excluding hydrogens is 1030 g/mol.